The summed E-state index contributed by atoms with van der Waals surface area (Å²) in [5.74, 6) is -0.965. The summed E-state index contributed by atoms with van der Waals surface area (Å²) in [5, 5.41) is 14.3. The zero-order valence-corrected chi connectivity index (χ0v) is 24.5. The van der Waals surface area contributed by atoms with Crippen molar-refractivity contribution < 1.29 is 28.6 Å². The number of anilines is 1. The number of hydrogen-bond acceptors (Lipinski definition) is 5. The maximum Gasteiger partial charge on any atom is 0.412 e. The fourth-order valence-corrected chi connectivity index (χ4v) is 4.38. The molecule has 0 radical (unpaired) electrons. The highest BCUT2D eigenvalue weighted by Crippen LogP contribution is 2.36. The fraction of sp³-hybridized carbons (Fsp3) is 0.333. The van der Waals surface area contributed by atoms with Gasteiger partial charge in [-0.2, -0.15) is 0 Å². The van der Waals surface area contributed by atoms with Gasteiger partial charge in [0, 0.05) is 41.5 Å². The SMILES string of the molecule is Cn1cc(-c2cc(NC(=O)OC(C)(C)C)c(Cl)cc2C(=O)c2ccc(F)cc2)c(CCC(C)(C)NC(=O)O)cc1=O. The highest BCUT2D eigenvalue weighted by molar-refractivity contribution is 6.34. The molecule has 0 spiro atoms. The smallest absolute Gasteiger partial charge is 0.412 e. The Morgan fingerprint density at radius 2 is 1.66 bits per heavy atom. The second-order valence-corrected chi connectivity index (χ2v) is 11.7. The third-order valence-electron chi connectivity index (χ3n) is 6.16. The van der Waals surface area contributed by atoms with E-state index >= 15 is 0 Å². The summed E-state index contributed by atoms with van der Waals surface area (Å²) in [5.41, 5.74) is 0.0114. The van der Waals surface area contributed by atoms with Crippen LogP contribution in [0.25, 0.3) is 11.1 Å². The van der Waals surface area contributed by atoms with Crippen LogP contribution in [0.3, 0.4) is 0 Å². The first-order valence-electron chi connectivity index (χ1n) is 12.8. The number of hydrogen-bond donors (Lipinski definition) is 3. The van der Waals surface area contributed by atoms with Crippen LogP contribution in [0.4, 0.5) is 19.7 Å². The van der Waals surface area contributed by atoms with Gasteiger partial charge >= 0.3 is 12.2 Å². The monoisotopic (exact) mass is 585 g/mol. The minimum Gasteiger partial charge on any atom is -0.465 e. The molecule has 0 aliphatic heterocycles. The summed E-state index contributed by atoms with van der Waals surface area (Å²) in [7, 11) is 1.56. The first-order chi connectivity index (χ1) is 19.0. The molecule has 218 valence electrons. The largest absolute Gasteiger partial charge is 0.465 e. The van der Waals surface area contributed by atoms with Gasteiger partial charge in [0.15, 0.2) is 5.78 Å². The molecule has 11 heteroatoms. The molecular weight excluding hydrogens is 553 g/mol. The van der Waals surface area contributed by atoms with E-state index in [-0.39, 0.29) is 33.8 Å². The van der Waals surface area contributed by atoms with E-state index in [1.165, 1.54) is 47.0 Å². The van der Waals surface area contributed by atoms with E-state index in [0.717, 1.165) is 0 Å². The molecule has 0 aliphatic carbocycles. The van der Waals surface area contributed by atoms with Crippen LogP contribution in [-0.2, 0) is 18.2 Å². The van der Waals surface area contributed by atoms with Crippen molar-refractivity contribution in [2.75, 3.05) is 5.32 Å². The van der Waals surface area contributed by atoms with Crippen molar-refractivity contribution in [3.05, 3.63) is 86.5 Å². The number of pyridine rings is 1. The number of carbonyl (C=O) groups excluding carboxylic acids is 2. The third kappa shape index (κ3) is 8.40. The standard InChI is InChI=1S/C30H33ClFN3O6/c1-29(2,3)41-28(40)33-24-15-20(21(14-23(24)31)26(37)17-7-9-19(32)10-8-17)22-16-35(6)25(36)13-18(22)11-12-30(4,5)34-27(38)39/h7-10,13-16,34H,11-12H2,1-6H3,(H,33,40)(H,38,39). The molecular formula is C30H33ClFN3O6. The molecule has 3 N–H and O–H groups in total. The first-order valence-corrected chi connectivity index (χ1v) is 13.2. The molecule has 0 unspecified atom stereocenters. The Kier molecular flexibility index (Phi) is 9.28. The second kappa shape index (κ2) is 12.1. The van der Waals surface area contributed by atoms with Crippen LogP contribution in [0.5, 0.6) is 0 Å². The highest BCUT2D eigenvalue weighted by atomic mass is 35.5. The summed E-state index contributed by atoms with van der Waals surface area (Å²) >= 11 is 6.53. The van der Waals surface area contributed by atoms with Crippen molar-refractivity contribution in [3.8, 4) is 11.1 Å². The summed E-state index contributed by atoms with van der Waals surface area (Å²) in [6.45, 7) is 8.57. The van der Waals surface area contributed by atoms with E-state index in [9.17, 15) is 28.7 Å². The molecule has 0 aliphatic rings. The maximum atomic E-state index is 13.7. The summed E-state index contributed by atoms with van der Waals surface area (Å²) in [6, 6.07) is 9.39. The van der Waals surface area contributed by atoms with Crippen LogP contribution in [0, 0.1) is 5.82 Å². The highest BCUT2D eigenvalue weighted by Gasteiger charge is 2.25. The molecule has 0 bridgehead atoms. The van der Waals surface area contributed by atoms with Gasteiger partial charge in [0.25, 0.3) is 5.56 Å². The summed E-state index contributed by atoms with van der Waals surface area (Å²) in [6.07, 6.45) is 0.238. The predicted octanol–water partition coefficient (Wildman–Crippen LogP) is 6.40. The van der Waals surface area contributed by atoms with E-state index in [0.29, 0.717) is 23.1 Å². The topological polar surface area (TPSA) is 127 Å². The van der Waals surface area contributed by atoms with Gasteiger partial charge in [0.2, 0.25) is 0 Å². The van der Waals surface area contributed by atoms with Gasteiger partial charge in [0.05, 0.1) is 10.7 Å². The number of carboxylic acid groups (broad SMARTS) is 1. The maximum absolute atomic E-state index is 13.7. The van der Waals surface area contributed by atoms with Crippen molar-refractivity contribution in [3.63, 3.8) is 0 Å². The van der Waals surface area contributed by atoms with Crippen LogP contribution in [0.2, 0.25) is 5.02 Å². The lowest BCUT2D eigenvalue weighted by molar-refractivity contribution is 0.0635. The van der Waals surface area contributed by atoms with Gasteiger partial charge in [0.1, 0.15) is 11.4 Å². The van der Waals surface area contributed by atoms with Gasteiger partial charge < -0.3 is 19.7 Å². The van der Waals surface area contributed by atoms with Crippen LogP contribution in [0.15, 0.2) is 53.5 Å². The minimum atomic E-state index is -1.18. The van der Waals surface area contributed by atoms with Crippen molar-refractivity contribution in [2.24, 2.45) is 7.05 Å². The molecule has 2 amide bonds. The normalized spacial score (nSPS) is 11.6. The van der Waals surface area contributed by atoms with Gasteiger partial charge in [-0.05, 0) is 95.0 Å². The van der Waals surface area contributed by atoms with E-state index in [2.05, 4.69) is 10.6 Å². The number of aromatic nitrogens is 1. The number of nitrogens with one attached hydrogen (secondary N) is 2. The lowest BCUT2D eigenvalue weighted by Gasteiger charge is -2.25. The Morgan fingerprint density at radius 3 is 2.24 bits per heavy atom. The number of benzene rings is 2. The average Bonchev–Trinajstić information content (AvgIpc) is 2.83. The number of ketones is 1. The zero-order valence-electron chi connectivity index (χ0n) is 23.7. The van der Waals surface area contributed by atoms with Gasteiger partial charge in [-0.3, -0.25) is 14.9 Å². The summed E-state index contributed by atoms with van der Waals surface area (Å²) in [4.78, 5) is 50.2. The Morgan fingerprint density at radius 1 is 1.02 bits per heavy atom. The number of rotatable bonds is 8. The second-order valence-electron chi connectivity index (χ2n) is 11.3. The molecule has 41 heavy (non-hydrogen) atoms. The van der Waals surface area contributed by atoms with Crippen molar-refractivity contribution >= 4 is 35.3 Å². The molecule has 3 aromatic rings. The van der Waals surface area contributed by atoms with Crippen LogP contribution < -0.4 is 16.2 Å². The molecule has 0 saturated heterocycles. The Labute approximate surface area is 242 Å². The molecule has 3 rings (SSSR count). The Bertz CT molecular complexity index is 1540. The van der Waals surface area contributed by atoms with E-state index < -0.39 is 34.9 Å². The van der Waals surface area contributed by atoms with Gasteiger partial charge in [-0.1, -0.05) is 11.6 Å². The number of ether oxygens (including phenoxy) is 1. The Hall–Kier alpha value is -4.18. The number of aryl methyl sites for hydroxylation is 2. The fourth-order valence-electron chi connectivity index (χ4n) is 4.17. The van der Waals surface area contributed by atoms with Crippen LogP contribution >= 0.6 is 11.6 Å². The predicted molar refractivity (Wildman–Crippen MR) is 155 cm³/mol. The molecule has 9 nitrogen and oxygen atoms in total. The van der Waals surface area contributed by atoms with Crippen molar-refractivity contribution in [1.29, 1.82) is 0 Å². The van der Waals surface area contributed by atoms with Crippen molar-refractivity contribution in [2.45, 2.75) is 58.6 Å². The lowest BCUT2D eigenvalue weighted by Crippen LogP contribution is -2.43. The average molecular weight is 586 g/mol. The van der Waals surface area contributed by atoms with Gasteiger partial charge in [-0.25, -0.2) is 14.0 Å². The van der Waals surface area contributed by atoms with Crippen LogP contribution in [-0.4, -0.2) is 38.8 Å². The van der Waals surface area contributed by atoms with E-state index in [4.69, 9.17) is 16.3 Å². The number of nitrogens with zero attached hydrogens (tertiary/aromatic N) is 1. The number of halogens is 2. The molecule has 1 aromatic heterocycles. The Balaban J connectivity index is 2.21. The molecule has 2 aromatic carbocycles. The van der Waals surface area contributed by atoms with Crippen LogP contribution in [0.1, 0.15) is 62.5 Å². The van der Waals surface area contributed by atoms with Crippen molar-refractivity contribution in [1.82, 2.24) is 9.88 Å². The lowest BCUT2D eigenvalue weighted by atomic mass is 9.88. The number of carbonyl (C=O) groups is 3. The number of amides is 2. The quantitative estimate of drug-likeness (QED) is 0.262. The molecule has 0 fully saturated rings. The first kappa shape index (κ1) is 31.3. The molecule has 1 heterocycles. The van der Waals surface area contributed by atoms with E-state index in [1.54, 1.807) is 47.9 Å². The third-order valence-corrected chi connectivity index (χ3v) is 6.48. The molecule has 0 atom stereocenters. The summed E-state index contributed by atoms with van der Waals surface area (Å²) < 4.78 is 20.3. The minimum absolute atomic E-state index is 0.0585. The van der Waals surface area contributed by atoms with Gasteiger partial charge in [-0.15, -0.1) is 0 Å². The van der Waals surface area contributed by atoms with E-state index in [1.807, 2.05) is 0 Å². The zero-order chi connectivity index (χ0) is 30.7. The molecule has 0 saturated carbocycles.